The van der Waals surface area contributed by atoms with E-state index in [1.165, 1.54) is 0 Å². The molecular formula is C15H22N2O2. The lowest BCUT2D eigenvalue weighted by molar-refractivity contribution is -0.123. The lowest BCUT2D eigenvalue weighted by Gasteiger charge is -2.28. The summed E-state index contributed by atoms with van der Waals surface area (Å²) in [5.74, 6) is 0.0165. The van der Waals surface area contributed by atoms with E-state index in [0.717, 1.165) is 36.9 Å². The van der Waals surface area contributed by atoms with Crippen LogP contribution < -0.4 is 11.1 Å². The Hall–Kier alpha value is -1.55. The van der Waals surface area contributed by atoms with Gasteiger partial charge in [0, 0.05) is 12.1 Å². The molecule has 0 saturated heterocycles. The standard InChI is InChI=1S/C15H22N2O2/c16-12-8-5-11(6-9-12)7-10-15(19)17-13-3-1-2-4-14(13)18/h5-6,8-9,13-14,18H,1-4,7,10,16H2,(H,17,19)/t13-,14-/m0/s1. The Kier molecular flexibility index (Phi) is 4.80. The van der Waals surface area contributed by atoms with Gasteiger partial charge in [0.2, 0.25) is 5.91 Å². The highest BCUT2D eigenvalue weighted by Gasteiger charge is 2.24. The molecule has 0 bridgehead atoms. The highest BCUT2D eigenvalue weighted by Crippen LogP contribution is 2.18. The zero-order valence-corrected chi connectivity index (χ0v) is 11.1. The Morgan fingerprint density at radius 3 is 2.63 bits per heavy atom. The number of benzene rings is 1. The Morgan fingerprint density at radius 2 is 1.95 bits per heavy atom. The van der Waals surface area contributed by atoms with Crippen molar-refractivity contribution in [3.05, 3.63) is 29.8 Å². The molecule has 4 N–H and O–H groups in total. The molecule has 1 saturated carbocycles. The molecule has 0 spiro atoms. The molecule has 4 nitrogen and oxygen atoms in total. The molecule has 1 aromatic rings. The van der Waals surface area contributed by atoms with E-state index in [1.54, 1.807) is 0 Å². The number of aliphatic hydroxyl groups is 1. The maximum absolute atomic E-state index is 11.9. The van der Waals surface area contributed by atoms with Crippen molar-refractivity contribution >= 4 is 11.6 Å². The van der Waals surface area contributed by atoms with E-state index in [1.807, 2.05) is 24.3 Å². The highest BCUT2D eigenvalue weighted by molar-refractivity contribution is 5.76. The normalized spacial score (nSPS) is 23.0. The summed E-state index contributed by atoms with van der Waals surface area (Å²) in [6, 6.07) is 7.51. The lowest BCUT2D eigenvalue weighted by Crippen LogP contribution is -2.45. The molecule has 2 atom stereocenters. The zero-order chi connectivity index (χ0) is 13.7. The first-order valence-electron chi connectivity index (χ1n) is 6.97. The van der Waals surface area contributed by atoms with E-state index in [0.29, 0.717) is 12.8 Å². The van der Waals surface area contributed by atoms with E-state index < -0.39 is 0 Å². The van der Waals surface area contributed by atoms with Crippen molar-refractivity contribution in [3.8, 4) is 0 Å². The van der Waals surface area contributed by atoms with Crippen LogP contribution in [0.15, 0.2) is 24.3 Å². The monoisotopic (exact) mass is 262 g/mol. The fourth-order valence-electron chi connectivity index (χ4n) is 2.50. The van der Waals surface area contributed by atoms with Gasteiger partial charge in [-0.2, -0.15) is 0 Å². The van der Waals surface area contributed by atoms with Crippen molar-refractivity contribution < 1.29 is 9.90 Å². The van der Waals surface area contributed by atoms with Crippen LogP contribution in [0, 0.1) is 0 Å². The number of nitrogens with one attached hydrogen (secondary N) is 1. The summed E-state index contributed by atoms with van der Waals surface area (Å²) >= 11 is 0. The van der Waals surface area contributed by atoms with Gasteiger partial charge in [0.15, 0.2) is 0 Å². The third-order valence-corrected chi connectivity index (χ3v) is 3.70. The number of carbonyl (C=O) groups excluding carboxylic acids is 1. The van der Waals surface area contributed by atoms with Gasteiger partial charge < -0.3 is 16.2 Å². The Balaban J connectivity index is 1.76. The predicted octanol–water partition coefficient (Wildman–Crippen LogP) is 1.62. The first-order chi connectivity index (χ1) is 9.15. The van der Waals surface area contributed by atoms with Crippen LogP contribution in [-0.4, -0.2) is 23.2 Å². The van der Waals surface area contributed by atoms with Crippen LogP contribution in [0.2, 0.25) is 0 Å². The summed E-state index contributed by atoms with van der Waals surface area (Å²) in [6.45, 7) is 0. The molecule has 0 heterocycles. The Bertz CT molecular complexity index is 417. The summed E-state index contributed by atoms with van der Waals surface area (Å²) in [7, 11) is 0. The summed E-state index contributed by atoms with van der Waals surface area (Å²) in [6.07, 6.45) is 4.59. The number of rotatable bonds is 4. The fourth-order valence-corrected chi connectivity index (χ4v) is 2.50. The smallest absolute Gasteiger partial charge is 0.220 e. The van der Waals surface area contributed by atoms with Gasteiger partial charge in [0.1, 0.15) is 0 Å². The Labute approximate surface area is 114 Å². The molecule has 1 aromatic carbocycles. The summed E-state index contributed by atoms with van der Waals surface area (Å²) in [5, 5.41) is 12.7. The highest BCUT2D eigenvalue weighted by atomic mass is 16.3. The van der Waals surface area contributed by atoms with Gasteiger partial charge in [-0.25, -0.2) is 0 Å². The number of hydrogen-bond donors (Lipinski definition) is 3. The van der Waals surface area contributed by atoms with Crippen LogP contribution in [-0.2, 0) is 11.2 Å². The minimum Gasteiger partial charge on any atom is -0.399 e. The van der Waals surface area contributed by atoms with E-state index >= 15 is 0 Å². The molecule has 0 aromatic heterocycles. The molecular weight excluding hydrogens is 240 g/mol. The summed E-state index contributed by atoms with van der Waals surface area (Å²) in [5.41, 5.74) is 7.45. The predicted molar refractivity (Wildman–Crippen MR) is 75.6 cm³/mol. The molecule has 0 radical (unpaired) electrons. The molecule has 1 amide bonds. The lowest BCUT2D eigenvalue weighted by atomic mass is 9.92. The molecule has 104 valence electrons. The number of nitrogens with two attached hydrogens (primary N) is 1. The zero-order valence-electron chi connectivity index (χ0n) is 11.1. The van der Waals surface area contributed by atoms with Crippen molar-refractivity contribution in [3.63, 3.8) is 0 Å². The van der Waals surface area contributed by atoms with Crippen molar-refractivity contribution in [2.24, 2.45) is 0 Å². The number of aryl methyl sites for hydroxylation is 1. The third kappa shape index (κ3) is 4.24. The maximum atomic E-state index is 11.9. The van der Waals surface area contributed by atoms with Gasteiger partial charge in [0.25, 0.3) is 0 Å². The number of aliphatic hydroxyl groups excluding tert-OH is 1. The minimum absolute atomic E-state index is 0.0165. The van der Waals surface area contributed by atoms with Crippen LogP contribution in [0.4, 0.5) is 5.69 Å². The number of amides is 1. The topological polar surface area (TPSA) is 75.4 Å². The SMILES string of the molecule is Nc1ccc(CCC(=O)N[C@H]2CCCC[C@@H]2O)cc1. The number of hydrogen-bond acceptors (Lipinski definition) is 3. The van der Waals surface area contributed by atoms with Gasteiger partial charge in [-0.05, 0) is 37.0 Å². The largest absolute Gasteiger partial charge is 0.399 e. The maximum Gasteiger partial charge on any atom is 0.220 e. The van der Waals surface area contributed by atoms with Crippen molar-refractivity contribution in [1.29, 1.82) is 0 Å². The molecule has 2 rings (SSSR count). The van der Waals surface area contributed by atoms with Gasteiger partial charge in [-0.3, -0.25) is 4.79 Å². The van der Waals surface area contributed by atoms with Crippen LogP contribution in [0.5, 0.6) is 0 Å². The van der Waals surface area contributed by atoms with Crippen LogP contribution >= 0.6 is 0 Å². The number of anilines is 1. The van der Waals surface area contributed by atoms with Crippen LogP contribution in [0.1, 0.15) is 37.7 Å². The molecule has 1 fully saturated rings. The second kappa shape index (κ2) is 6.57. The van der Waals surface area contributed by atoms with E-state index in [4.69, 9.17) is 5.73 Å². The van der Waals surface area contributed by atoms with E-state index in [9.17, 15) is 9.90 Å². The van der Waals surface area contributed by atoms with Gasteiger partial charge in [-0.1, -0.05) is 25.0 Å². The average molecular weight is 262 g/mol. The van der Waals surface area contributed by atoms with E-state index in [2.05, 4.69) is 5.32 Å². The molecule has 0 unspecified atom stereocenters. The minimum atomic E-state index is -0.380. The van der Waals surface area contributed by atoms with Gasteiger partial charge >= 0.3 is 0 Å². The van der Waals surface area contributed by atoms with Gasteiger partial charge in [-0.15, -0.1) is 0 Å². The molecule has 4 heteroatoms. The molecule has 1 aliphatic rings. The summed E-state index contributed by atoms with van der Waals surface area (Å²) in [4.78, 5) is 11.9. The van der Waals surface area contributed by atoms with Crippen LogP contribution in [0.25, 0.3) is 0 Å². The van der Waals surface area contributed by atoms with E-state index in [-0.39, 0.29) is 18.1 Å². The number of nitrogen functional groups attached to an aromatic ring is 1. The second-order valence-corrected chi connectivity index (χ2v) is 5.27. The first-order valence-corrected chi connectivity index (χ1v) is 6.97. The third-order valence-electron chi connectivity index (χ3n) is 3.70. The van der Waals surface area contributed by atoms with Crippen molar-refractivity contribution in [2.75, 3.05) is 5.73 Å². The summed E-state index contributed by atoms with van der Waals surface area (Å²) < 4.78 is 0. The van der Waals surface area contributed by atoms with Crippen molar-refractivity contribution in [1.82, 2.24) is 5.32 Å². The number of carbonyl (C=O) groups is 1. The second-order valence-electron chi connectivity index (χ2n) is 5.27. The molecule has 1 aliphatic carbocycles. The Morgan fingerprint density at radius 1 is 1.26 bits per heavy atom. The quantitative estimate of drug-likeness (QED) is 0.722. The van der Waals surface area contributed by atoms with Gasteiger partial charge in [0.05, 0.1) is 12.1 Å². The van der Waals surface area contributed by atoms with Crippen LogP contribution in [0.3, 0.4) is 0 Å². The average Bonchev–Trinajstić information content (AvgIpc) is 2.41. The fraction of sp³-hybridized carbons (Fsp3) is 0.533. The molecule has 19 heavy (non-hydrogen) atoms. The van der Waals surface area contributed by atoms with Crippen molar-refractivity contribution in [2.45, 2.75) is 50.7 Å². The first kappa shape index (κ1) is 13.9. The molecule has 0 aliphatic heterocycles.